The topological polar surface area (TPSA) is 71.0 Å². The molecule has 0 saturated carbocycles. The van der Waals surface area contributed by atoms with Crippen LogP contribution in [0.15, 0.2) is 29.4 Å². The fraction of sp³-hybridized carbons (Fsp3) is 0.471. The van der Waals surface area contributed by atoms with E-state index >= 15 is 0 Å². The molecule has 1 saturated heterocycles. The summed E-state index contributed by atoms with van der Waals surface area (Å²) in [4.78, 5) is 24.2. The van der Waals surface area contributed by atoms with Crippen LogP contribution in [0.2, 0.25) is 0 Å². The predicted octanol–water partition coefficient (Wildman–Crippen LogP) is 1.60. The van der Waals surface area contributed by atoms with Crippen LogP contribution < -0.4 is 5.32 Å². The molecule has 2 aliphatic heterocycles. The second-order valence-corrected chi connectivity index (χ2v) is 5.97. The molecule has 128 valence electrons. The van der Waals surface area contributed by atoms with Crippen LogP contribution in [0.3, 0.4) is 0 Å². The summed E-state index contributed by atoms with van der Waals surface area (Å²) < 4.78 is 18.4. The maximum atomic E-state index is 13.0. The average molecular weight is 333 g/mol. The van der Waals surface area contributed by atoms with E-state index in [-0.39, 0.29) is 36.7 Å². The first-order valence-corrected chi connectivity index (χ1v) is 8.14. The monoisotopic (exact) mass is 333 g/mol. The Morgan fingerprint density at radius 2 is 2.12 bits per heavy atom. The zero-order valence-corrected chi connectivity index (χ0v) is 13.3. The summed E-state index contributed by atoms with van der Waals surface area (Å²) in [6.45, 7) is 1.42. The lowest BCUT2D eigenvalue weighted by Gasteiger charge is -2.23. The number of ether oxygens (including phenoxy) is 1. The maximum absolute atomic E-state index is 13.0. The van der Waals surface area contributed by atoms with Crippen LogP contribution in [0.1, 0.15) is 31.2 Å². The van der Waals surface area contributed by atoms with Crippen LogP contribution in [0.25, 0.3) is 0 Å². The van der Waals surface area contributed by atoms with Gasteiger partial charge in [0.1, 0.15) is 11.5 Å². The molecule has 2 heterocycles. The lowest BCUT2D eigenvalue weighted by molar-refractivity contribution is -0.132. The first-order chi connectivity index (χ1) is 11.6. The average Bonchev–Trinajstić information content (AvgIpc) is 3.10. The summed E-state index contributed by atoms with van der Waals surface area (Å²) >= 11 is 0. The number of nitrogens with one attached hydrogen (secondary N) is 1. The van der Waals surface area contributed by atoms with Crippen LogP contribution in [-0.4, -0.2) is 41.8 Å². The minimum Gasteiger partial charge on any atom is -0.376 e. The van der Waals surface area contributed by atoms with E-state index in [2.05, 4.69) is 10.4 Å². The quantitative estimate of drug-likeness (QED) is 0.890. The Kier molecular flexibility index (Phi) is 5.20. The van der Waals surface area contributed by atoms with Crippen LogP contribution >= 0.6 is 0 Å². The summed E-state index contributed by atoms with van der Waals surface area (Å²) in [7, 11) is 0. The van der Waals surface area contributed by atoms with Crippen molar-refractivity contribution < 1.29 is 18.7 Å². The van der Waals surface area contributed by atoms with Gasteiger partial charge in [-0.15, -0.1) is 0 Å². The third-order valence-corrected chi connectivity index (χ3v) is 4.13. The van der Waals surface area contributed by atoms with E-state index in [0.29, 0.717) is 18.7 Å². The molecule has 2 aliphatic rings. The summed E-state index contributed by atoms with van der Waals surface area (Å²) in [6, 6.07) is 5.87. The third kappa shape index (κ3) is 4.17. The molecule has 1 aromatic rings. The molecule has 1 atom stereocenters. The van der Waals surface area contributed by atoms with Gasteiger partial charge in [0.15, 0.2) is 0 Å². The van der Waals surface area contributed by atoms with E-state index in [4.69, 9.17) is 4.74 Å². The number of carbonyl (C=O) groups excluding carboxylic acids is 2. The van der Waals surface area contributed by atoms with Crippen LogP contribution in [-0.2, 0) is 20.9 Å². The highest BCUT2D eigenvalue weighted by molar-refractivity contribution is 6.39. The second kappa shape index (κ2) is 7.53. The predicted molar refractivity (Wildman–Crippen MR) is 85.6 cm³/mol. The molecule has 1 fully saturated rings. The Bertz CT molecular complexity index is 639. The molecule has 6 nitrogen and oxygen atoms in total. The number of hydrogen-bond donors (Lipinski definition) is 1. The van der Waals surface area contributed by atoms with Crippen molar-refractivity contribution in [2.75, 3.05) is 13.2 Å². The lowest BCUT2D eigenvalue weighted by Crippen LogP contribution is -2.41. The molecule has 0 bridgehead atoms. The molecule has 3 rings (SSSR count). The molecule has 0 aromatic heterocycles. The Morgan fingerprint density at radius 3 is 2.83 bits per heavy atom. The zero-order valence-electron chi connectivity index (χ0n) is 13.3. The van der Waals surface area contributed by atoms with Gasteiger partial charge in [-0.25, -0.2) is 9.40 Å². The van der Waals surface area contributed by atoms with Gasteiger partial charge in [-0.05, 0) is 30.5 Å². The Labute approximate surface area is 139 Å². The molecule has 2 amide bonds. The number of amides is 2. The second-order valence-electron chi connectivity index (χ2n) is 5.97. The van der Waals surface area contributed by atoms with Gasteiger partial charge in [0.25, 0.3) is 5.91 Å². The fourth-order valence-corrected chi connectivity index (χ4v) is 2.76. The molecular weight excluding hydrogens is 313 g/mol. The summed E-state index contributed by atoms with van der Waals surface area (Å²) in [5, 5.41) is 8.27. The van der Waals surface area contributed by atoms with Gasteiger partial charge >= 0.3 is 0 Å². The van der Waals surface area contributed by atoms with Crippen LogP contribution in [0.4, 0.5) is 4.39 Å². The van der Waals surface area contributed by atoms with Gasteiger partial charge in [-0.3, -0.25) is 9.59 Å². The first kappa shape index (κ1) is 16.6. The van der Waals surface area contributed by atoms with Crippen molar-refractivity contribution in [2.45, 2.75) is 38.3 Å². The molecule has 1 N–H and O–H groups in total. The highest BCUT2D eigenvalue weighted by atomic mass is 19.1. The SMILES string of the molecule is O=C(NC[C@@H]1CCCO1)C1=NN(Cc2ccc(F)cc2)C(=O)CC1. The Morgan fingerprint density at radius 1 is 1.33 bits per heavy atom. The molecule has 0 spiro atoms. The van der Waals surface area contributed by atoms with Gasteiger partial charge in [0.05, 0.1) is 12.6 Å². The standard InChI is InChI=1S/C17H20FN3O3/c18-13-5-3-12(4-6-13)11-21-16(22)8-7-15(20-21)17(23)19-10-14-2-1-9-24-14/h3-6,14H,1-2,7-11H2,(H,19,23)/t14-/m0/s1. The van der Waals surface area contributed by atoms with Crippen molar-refractivity contribution in [3.05, 3.63) is 35.6 Å². The zero-order chi connectivity index (χ0) is 16.9. The molecule has 1 aromatic carbocycles. The molecule has 7 heteroatoms. The summed E-state index contributed by atoms with van der Waals surface area (Å²) in [6.07, 6.45) is 2.60. The summed E-state index contributed by atoms with van der Waals surface area (Å²) in [5.41, 5.74) is 1.10. The van der Waals surface area contributed by atoms with Crippen molar-refractivity contribution in [1.82, 2.24) is 10.3 Å². The van der Waals surface area contributed by atoms with Gasteiger partial charge in [0.2, 0.25) is 5.91 Å². The third-order valence-electron chi connectivity index (χ3n) is 4.13. The number of rotatable bonds is 5. The van der Waals surface area contributed by atoms with E-state index in [1.54, 1.807) is 12.1 Å². The van der Waals surface area contributed by atoms with E-state index < -0.39 is 0 Å². The molecule has 24 heavy (non-hydrogen) atoms. The van der Waals surface area contributed by atoms with E-state index in [9.17, 15) is 14.0 Å². The van der Waals surface area contributed by atoms with Crippen molar-refractivity contribution in [3.63, 3.8) is 0 Å². The molecular formula is C17H20FN3O3. The van der Waals surface area contributed by atoms with Crippen molar-refractivity contribution in [3.8, 4) is 0 Å². The summed E-state index contributed by atoms with van der Waals surface area (Å²) in [5.74, 6) is -0.737. The minimum absolute atomic E-state index is 0.0649. The number of nitrogens with zero attached hydrogens (tertiary/aromatic N) is 2. The van der Waals surface area contributed by atoms with Gasteiger partial charge in [-0.2, -0.15) is 5.10 Å². The molecule has 0 aliphatic carbocycles. The van der Waals surface area contributed by atoms with Gasteiger partial charge in [0, 0.05) is 26.0 Å². The number of hydrazone groups is 1. The fourth-order valence-electron chi connectivity index (χ4n) is 2.76. The molecule has 0 unspecified atom stereocenters. The lowest BCUT2D eigenvalue weighted by atomic mass is 10.1. The largest absolute Gasteiger partial charge is 0.376 e. The van der Waals surface area contributed by atoms with Crippen molar-refractivity contribution >= 4 is 17.5 Å². The number of hydrogen-bond acceptors (Lipinski definition) is 4. The van der Waals surface area contributed by atoms with E-state index in [1.807, 2.05) is 0 Å². The first-order valence-electron chi connectivity index (χ1n) is 8.14. The van der Waals surface area contributed by atoms with E-state index in [1.165, 1.54) is 17.1 Å². The van der Waals surface area contributed by atoms with Crippen LogP contribution in [0, 0.1) is 5.82 Å². The Hall–Kier alpha value is -2.28. The number of halogens is 1. The van der Waals surface area contributed by atoms with E-state index in [0.717, 1.165) is 25.0 Å². The van der Waals surface area contributed by atoms with Gasteiger partial charge in [-0.1, -0.05) is 12.1 Å². The number of benzene rings is 1. The maximum Gasteiger partial charge on any atom is 0.267 e. The smallest absolute Gasteiger partial charge is 0.267 e. The van der Waals surface area contributed by atoms with Crippen molar-refractivity contribution in [1.29, 1.82) is 0 Å². The number of carbonyl (C=O) groups is 2. The van der Waals surface area contributed by atoms with Crippen molar-refractivity contribution in [2.24, 2.45) is 5.10 Å². The molecule has 0 radical (unpaired) electrons. The Balaban J connectivity index is 1.61. The highest BCUT2D eigenvalue weighted by Gasteiger charge is 2.25. The highest BCUT2D eigenvalue weighted by Crippen LogP contribution is 2.15. The van der Waals surface area contributed by atoms with Crippen LogP contribution in [0.5, 0.6) is 0 Å². The van der Waals surface area contributed by atoms with Gasteiger partial charge < -0.3 is 10.1 Å². The minimum atomic E-state index is -0.332. The normalized spacial score (nSPS) is 20.9.